The van der Waals surface area contributed by atoms with Crippen LogP contribution in [0.2, 0.25) is 0 Å². The van der Waals surface area contributed by atoms with Gasteiger partial charge in [0.2, 0.25) is 5.91 Å². The first-order chi connectivity index (χ1) is 12.0. The molecule has 0 aliphatic heterocycles. The second-order valence-electron chi connectivity index (χ2n) is 5.64. The third-order valence-electron chi connectivity index (χ3n) is 3.52. The van der Waals surface area contributed by atoms with Gasteiger partial charge in [0.05, 0.1) is 0 Å². The highest BCUT2D eigenvalue weighted by Gasteiger charge is 2.07. The molecule has 1 aromatic heterocycles. The van der Waals surface area contributed by atoms with E-state index >= 15 is 0 Å². The van der Waals surface area contributed by atoms with E-state index in [4.69, 9.17) is 4.74 Å². The number of hydrazine groups is 1. The minimum atomic E-state index is -0.467. The monoisotopic (exact) mass is 343 g/mol. The number of hydrogen-bond acceptors (Lipinski definition) is 4. The molecule has 0 spiro atoms. The third kappa shape index (κ3) is 5.80. The number of aryl methyl sites for hydroxylation is 3. The molecule has 25 heavy (non-hydrogen) atoms. The van der Waals surface area contributed by atoms with Crippen LogP contribution < -0.4 is 21.1 Å². The molecule has 7 heteroatoms. The molecule has 0 aliphatic carbocycles. The van der Waals surface area contributed by atoms with Gasteiger partial charge in [-0.1, -0.05) is 18.2 Å². The predicted octanol–water partition coefficient (Wildman–Crippen LogP) is 1.08. The van der Waals surface area contributed by atoms with Crippen molar-refractivity contribution >= 4 is 11.8 Å². The van der Waals surface area contributed by atoms with Crippen molar-refractivity contribution in [3.8, 4) is 5.75 Å². The topological polar surface area (TPSA) is 89.4 Å². The number of ether oxygens (including phenoxy) is 1. The van der Waals surface area contributed by atoms with Gasteiger partial charge in [-0.05, 0) is 37.1 Å². The first kappa shape index (κ1) is 18.3. The maximum Gasteiger partial charge on any atom is 0.276 e. The summed E-state index contributed by atoms with van der Waals surface area (Å²) in [4.78, 5) is 35.0. The lowest BCUT2D eigenvalue weighted by Gasteiger charge is -2.11. The minimum absolute atomic E-state index is 0.0715. The lowest BCUT2D eigenvalue weighted by molar-refractivity contribution is -0.130. The quantitative estimate of drug-likeness (QED) is 0.768. The highest BCUT2D eigenvalue weighted by Crippen LogP contribution is 2.18. The van der Waals surface area contributed by atoms with Crippen molar-refractivity contribution in [1.82, 2.24) is 15.4 Å². The number of nitrogens with one attached hydrogen (secondary N) is 2. The second-order valence-corrected chi connectivity index (χ2v) is 5.64. The molecule has 0 atom stereocenters. The zero-order valence-electron chi connectivity index (χ0n) is 14.2. The highest BCUT2D eigenvalue weighted by atomic mass is 16.5. The summed E-state index contributed by atoms with van der Waals surface area (Å²) in [7, 11) is 0. The summed E-state index contributed by atoms with van der Waals surface area (Å²) < 4.78 is 6.87. The molecule has 132 valence electrons. The van der Waals surface area contributed by atoms with Crippen LogP contribution in [0.1, 0.15) is 17.5 Å². The Kier molecular flexibility index (Phi) is 6.33. The number of pyridine rings is 1. The Morgan fingerprint density at radius 2 is 1.84 bits per heavy atom. The molecule has 2 N–H and O–H groups in total. The summed E-state index contributed by atoms with van der Waals surface area (Å²) in [5.41, 5.74) is 6.37. The van der Waals surface area contributed by atoms with E-state index in [9.17, 15) is 14.4 Å². The van der Waals surface area contributed by atoms with E-state index in [0.29, 0.717) is 5.75 Å². The van der Waals surface area contributed by atoms with Crippen molar-refractivity contribution in [3.63, 3.8) is 0 Å². The van der Waals surface area contributed by atoms with Gasteiger partial charge in [-0.15, -0.1) is 0 Å². The smallest absolute Gasteiger partial charge is 0.276 e. The van der Waals surface area contributed by atoms with Gasteiger partial charge >= 0.3 is 0 Å². The Bertz CT molecular complexity index is 814. The summed E-state index contributed by atoms with van der Waals surface area (Å²) in [6, 6.07) is 10.5. The van der Waals surface area contributed by atoms with E-state index in [1.165, 1.54) is 10.6 Å². The SMILES string of the molecule is Cc1ccc(C)c(OCC(=O)NNC(=O)CCn2ccccc2=O)c1. The van der Waals surface area contributed by atoms with Gasteiger partial charge in [0.1, 0.15) is 5.75 Å². The normalized spacial score (nSPS) is 10.2. The number of benzene rings is 1. The number of aromatic nitrogens is 1. The Hall–Kier alpha value is -3.09. The fourth-order valence-corrected chi connectivity index (χ4v) is 2.11. The van der Waals surface area contributed by atoms with Gasteiger partial charge in [0, 0.05) is 25.2 Å². The average molecular weight is 343 g/mol. The van der Waals surface area contributed by atoms with E-state index in [0.717, 1.165) is 11.1 Å². The van der Waals surface area contributed by atoms with Crippen molar-refractivity contribution in [2.75, 3.05) is 6.61 Å². The van der Waals surface area contributed by atoms with Gasteiger partial charge in [0.25, 0.3) is 11.5 Å². The molecule has 0 bridgehead atoms. The zero-order valence-corrected chi connectivity index (χ0v) is 14.2. The molecule has 0 saturated carbocycles. The average Bonchev–Trinajstić information content (AvgIpc) is 2.60. The van der Waals surface area contributed by atoms with Gasteiger partial charge in [-0.2, -0.15) is 0 Å². The van der Waals surface area contributed by atoms with Crippen molar-refractivity contribution in [2.45, 2.75) is 26.8 Å². The second kappa shape index (κ2) is 8.68. The molecule has 0 fully saturated rings. The molecular formula is C18H21N3O4. The summed E-state index contributed by atoms with van der Waals surface area (Å²) >= 11 is 0. The van der Waals surface area contributed by atoms with Gasteiger partial charge in [0.15, 0.2) is 6.61 Å². The van der Waals surface area contributed by atoms with Crippen LogP contribution >= 0.6 is 0 Å². The first-order valence-electron chi connectivity index (χ1n) is 7.89. The van der Waals surface area contributed by atoms with E-state index < -0.39 is 11.8 Å². The van der Waals surface area contributed by atoms with Crippen LogP contribution in [0.25, 0.3) is 0 Å². The standard InChI is InChI=1S/C18H21N3O4/c1-13-6-7-14(2)15(11-13)25-12-17(23)20-19-16(22)8-10-21-9-4-3-5-18(21)24/h3-7,9,11H,8,10,12H2,1-2H3,(H,19,22)(H,20,23). The van der Waals surface area contributed by atoms with Crippen LogP contribution in [0.3, 0.4) is 0 Å². The molecule has 0 saturated heterocycles. The van der Waals surface area contributed by atoms with Crippen molar-refractivity contribution in [3.05, 3.63) is 64.1 Å². The Labute approximate surface area is 145 Å². The van der Waals surface area contributed by atoms with Crippen molar-refractivity contribution < 1.29 is 14.3 Å². The van der Waals surface area contributed by atoms with Crippen molar-refractivity contribution in [2.24, 2.45) is 0 Å². The molecule has 0 radical (unpaired) electrons. The fourth-order valence-electron chi connectivity index (χ4n) is 2.11. The molecule has 1 aromatic carbocycles. The van der Waals surface area contributed by atoms with Gasteiger partial charge < -0.3 is 9.30 Å². The zero-order chi connectivity index (χ0) is 18.2. The van der Waals surface area contributed by atoms with Crippen LogP contribution in [0, 0.1) is 13.8 Å². The third-order valence-corrected chi connectivity index (χ3v) is 3.52. The van der Waals surface area contributed by atoms with E-state index in [2.05, 4.69) is 10.9 Å². The number of carbonyl (C=O) groups excluding carboxylic acids is 2. The Balaban J connectivity index is 1.72. The fraction of sp³-hybridized carbons (Fsp3) is 0.278. The maximum atomic E-state index is 11.7. The molecule has 0 unspecified atom stereocenters. The van der Waals surface area contributed by atoms with Crippen LogP contribution in [0.15, 0.2) is 47.4 Å². The lowest BCUT2D eigenvalue weighted by Crippen LogP contribution is -2.44. The molecule has 1 heterocycles. The number of carbonyl (C=O) groups is 2. The number of nitrogens with zero attached hydrogens (tertiary/aromatic N) is 1. The van der Waals surface area contributed by atoms with Crippen LogP contribution in [-0.4, -0.2) is 23.0 Å². The summed E-state index contributed by atoms with van der Waals surface area (Å²) in [6.07, 6.45) is 1.67. The van der Waals surface area contributed by atoms with Gasteiger partial charge in [-0.3, -0.25) is 25.2 Å². The van der Waals surface area contributed by atoms with Gasteiger partial charge in [-0.25, -0.2) is 0 Å². The maximum absolute atomic E-state index is 11.7. The molecule has 2 amide bonds. The Morgan fingerprint density at radius 3 is 2.60 bits per heavy atom. The molecule has 2 rings (SSSR count). The molecule has 0 aliphatic rings. The largest absolute Gasteiger partial charge is 0.483 e. The summed E-state index contributed by atoms with van der Waals surface area (Å²) in [6.45, 7) is 3.85. The van der Waals surface area contributed by atoms with Crippen LogP contribution in [-0.2, 0) is 16.1 Å². The summed E-state index contributed by atoms with van der Waals surface area (Å²) in [5.74, 6) is -0.230. The van der Waals surface area contributed by atoms with Crippen molar-refractivity contribution in [1.29, 1.82) is 0 Å². The number of amides is 2. The Morgan fingerprint density at radius 1 is 1.08 bits per heavy atom. The van der Waals surface area contributed by atoms with E-state index in [1.54, 1.807) is 18.3 Å². The molecular weight excluding hydrogens is 322 g/mol. The summed E-state index contributed by atoms with van der Waals surface area (Å²) in [5, 5.41) is 0. The highest BCUT2D eigenvalue weighted by molar-refractivity contribution is 5.82. The molecule has 2 aromatic rings. The van der Waals surface area contributed by atoms with E-state index in [-0.39, 0.29) is 25.1 Å². The number of rotatable bonds is 6. The number of hydrogen-bond donors (Lipinski definition) is 2. The van der Waals surface area contributed by atoms with E-state index in [1.807, 2.05) is 32.0 Å². The minimum Gasteiger partial charge on any atom is -0.483 e. The predicted molar refractivity (Wildman–Crippen MR) is 93.0 cm³/mol. The lowest BCUT2D eigenvalue weighted by atomic mass is 10.1. The molecule has 7 nitrogen and oxygen atoms in total. The van der Waals surface area contributed by atoms with Crippen LogP contribution in [0.4, 0.5) is 0 Å². The first-order valence-corrected chi connectivity index (χ1v) is 7.89. The van der Waals surface area contributed by atoms with Crippen LogP contribution in [0.5, 0.6) is 5.75 Å².